The quantitative estimate of drug-likeness (QED) is 0.569. The maximum absolute atomic E-state index is 12.4. The minimum absolute atomic E-state index is 0.0536. The van der Waals surface area contributed by atoms with Gasteiger partial charge in [-0.05, 0) is 18.2 Å². The Labute approximate surface area is 172 Å². The lowest BCUT2D eigenvalue weighted by Gasteiger charge is -2.37. The van der Waals surface area contributed by atoms with E-state index in [1.807, 2.05) is 12.1 Å². The van der Waals surface area contributed by atoms with Gasteiger partial charge in [-0.3, -0.25) is 4.99 Å². The first-order chi connectivity index (χ1) is 14.4. The number of phenols is 1. The summed E-state index contributed by atoms with van der Waals surface area (Å²) in [6.07, 6.45) is -3.03. The van der Waals surface area contributed by atoms with Crippen molar-refractivity contribution in [2.75, 3.05) is 44.7 Å². The van der Waals surface area contributed by atoms with Crippen molar-refractivity contribution in [3.8, 4) is 11.6 Å². The van der Waals surface area contributed by atoms with Crippen LogP contribution in [0.4, 0.5) is 18.9 Å². The Bertz CT molecular complexity index is 868. The Balaban J connectivity index is 1.57. The second-order valence-corrected chi connectivity index (χ2v) is 6.74. The zero-order chi connectivity index (χ0) is 21.6. The highest BCUT2D eigenvalue weighted by Gasteiger charge is 2.29. The molecule has 0 bridgehead atoms. The standard InChI is InChI=1S/C20H24F3N5O2/c1-24-19(26-13-15-5-4-8-25-18(15)30-14-20(21,22)23)28-11-9-27(10-12-28)16-6-2-3-7-17(16)29/h2-8,29H,9-14H2,1H3,(H,24,26). The fourth-order valence-electron chi connectivity index (χ4n) is 3.24. The average Bonchev–Trinajstić information content (AvgIpc) is 2.74. The van der Waals surface area contributed by atoms with Crippen LogP contribution in [0, 0.1) is 0 Å². The van der Waals surface area contributed by atoms with E-state index in [1.165, 1.54) is 6.20 Å². The number of benzene rings is 1. The van der Waals surface area contributed by atoms with Gasteiger partial charge in [0.05, 0.1) is 5.69 Å². The molecular weight excluding hydrogens is 399 g/mol. The van der Waals surface area contributed by atoms with Crippen LogP contribution in [0.15, 0.2) is 47.6 Å². The number of piperazine rings is 1. The molecule has 2 heterocycles. The second-order valence-electron chi connectivity index (χ2n) is 6.74. The Morgan fingerprint density at radius 2 is 1.90 bits per heavy atom. The lowest BCUT2D eigenvalue weighted by Crippen LogP contribution is -2.52. The summed E-state index contributed by atoms with van der Waals surface area (Å²) >= 11 is 0. The Morgan fingerprint density at radius 3 is 2.57 bits per heavy atom. The molecule has 0 saturated carbocycles. The molecule has 0 atom stereocenters. The van der Waals surface area contributed by atoms with Crippen molar-refractivity contribution in [3.05, 3.63) is 48.2 Å². The van der Waals surface area contributed by atoms with Crippen molar-refractivity contribution in [2.45, 2.75) is 12.7 Å². The molecule has 1 aliphatic heterocycles. The third-order valence-electron chi connectivity index (χ3n) is 4.67. The van der Waals surface area contributed by atoms with Crippen LogP contribution in [-0.2, 0) is 6.54 Å². The third kappa shape index (κ3) is 5.68. The smallest absolute Gasteiger partial charge is 0.422 e. The molecule has 2 aromatic rings. The van der Waals surface area contributed by atoms with E-state index < -0.39 is 12.8 Å². The molecule has 1 saturated heterocycles. The summed E-state index contributed by atoms with van der Waals surface area (Å²) in [5.41, 5.74) is 1.30. The number of aliphatic imine (C=N–C) groups is 1. The molecule has 2 N–H and O–H groups in total. The van der Waals surface area contributed by atoms with E-state index in [4.69, 9.17) is 4.74 Å². The van der Waals surface area contributed by atoms with Gasteiger partial charge in [0.2, 0.25) is 5.88 Å². The first-order valence-corrected chi connectivity index (χ1v) is 9.49. The molecular formula is C20H24F3N5O2. The van der Waals surface area contributed by atoms with E-state index in [0.29, 0.717) is 37.7 Å². The fourth-order valence-corrected chi connectivity index (χ4v) is 3.24. The number of hydrogen-bond acceptors (Lipinski definition) is 5. The number of ether oxygens (including phenoxy) is 1. The minimum atomic E-state index is -4.43. The number of pyridine rings is 1. The lowest BCUT2D eigenvalue weighted by molar-refractivity contribution is -0.154. The molecule has 162 valence electrons. The summed E-state index contributed by atoms with van der Waals surface area (Å²) in [6.45, 7) is 1.60. The molecule has 0 radical (unpaired) electrons. The van der Waals surface area contributed by atoms with E-state index in [1.54, 1.807) is 31.3 Å². The minimum Gasteiger partial charge on any atom is -0.506 e. The summed E-state index contributed by atoms with van der Waals surface area (Å²) in [5, 5.41) is 13.2. The number of nitrogens with one attached hydrogen (secondary N) is 1. The molecule has 0 unspecified atom stereocenters. The van der Waals surface area contributed by atoms with Crippen LogP contribution in [0.1, 0.15) is 5.56 Å². The van der Waals surface area contributed by atoms with Gasteiger partial charge in [-0.2, -0.15) is 13.2 Å². The second kappa shape index (κ2) is 9.55. The number of phenolic OH excluding ortho intramolecular Hbond substituents is 1. The van der Waals surface area contributed by atoms with Gasteiger partial charge in [-0.1, -0.05) is 18.2 Å². The molecule has 1 aliphatic rings. The number of rotatable bonds is 5. The molecule has 0 amide bonds. The van der Waals surface area contributed by atoms with E-state index in [9.17, 15) is 18.3 Å². The molecule has 10 heteroatoms. The van der Waals surface area contributed by atoms with Gasteiger partial charge in [0.25, 0.3) is 0 Å². The average molecular weight is 423 g/mol. The molecule has 1 aromatic heterocycles. The lowest BCUT2D eigenvalue weighted by atomic mass is 10.2. The van der Waals surface area contributed by atoms with E-state index >= 15 is 0 Å². The Hall–Kier alpha value is -3.17. The van der Waals surface area contributed by atoms with Crippen molar-refractivity contribution in [1.29, 1.82) is 0 Å². The predicted octanol–water partition coefficient (Wildman–Crippen LogP) is 2.63. The highest BCUT2D eigenvalue weighted by Crippen LogP contribution is 2.27. The van der Waals surface area contributed by atoms with Crippen LogP contribution in [0.3, 0.4) is 0 Å². The largest absolute Gasteiger partial charge is 0.506 e. The predicted molar refractivity (Wildman–Crippen MR) is 108 cm³/mol. The molecule has 1 fully saturated rings. The van der Waals surface area contributed by atoms with Gasteiger partial charge in [-0.15, -0.1) is 0 Å². The first-order valence-electron chi connectivity index (χ1n) is 9.49. The van der Waals surface area contributed by atoms with Gasteiger partial charge in [0.1, 0.15) is 5.75 Å². The van der Waals surface area contributed by atoms with Crippen molar-refractivity contribution < 1.29 is 23.0 Å². The zero-order valence-corrected chi connectivity index (χ0v) is 16.6. The monoisotopic (exact) mass is 423 g/mol. The molecule has 30 heavy (non-hydrogen) atoms. The normalized spacial score (nSPS) is 15.3. The number of halogens is 3. The number of para-hydroxylation sites is 2. The number of nitrogens with zero attached hydrogens (tertiary/aromatic N) is 4. The topological polar surface area (TPSA) is 73.2 Å². The Kier molecular flexibility index (Phi) is 6.86. The highest BCUT2D eigenvalue weighted by molar-refractivity contribution is 5.80. The zero-order valence-electron chi connectivity index (χ0n) is 16.6. The molecule has 1 aromatic carbocycles. The highest BCUT2D eigenvalue weighted by atomic mass is 19.4. The van der Waals surface area contributed by atoms with Crippen LogP contribution >= 0.6 is 0 Å². The number of aromatic nitrogens is 1. The maximum Gasteiger partial charge on any atom is 0.422 e. The summed E-state index contributed by atoms with van der Waals surface area (Å²) in [7, 11) is 1.65. The van der Waals surface area contributed by atoms with Gasteiger partial charge >= 0.3 is 6.18 Å². The van der Waals surface area contributed by atoms with E-state index in [2.05, 4.69) is 25.1 Å². The van der Waals surface area contributed by atoms with E-state index in [0.717, 1.165) is 5.69 Å². The number of guanidine groups is 1. The van der Waals surface area contributed by atoms with Gasteiger partial charge < -0.3 is 25.0 Å². The van der Waals surface area contributed by atoms with Crippen LogP contribution < -0.4 is 15.0 Å². The number of hydrogen-bond donors (Lipinski definition) is 2. The van der Waals surface area contributed by atoms with Crippen LogP contribution in [0.2, 0.25) is 0 Å². The summed E-state index contributed by atoms with van der Waals surface area (Å²) in [5.74, 6) is 0.830. The Morgan fingerprint density at radius 1 is 1.17 bits per heavy atom. The number of anilines is 1. The SMILES string of the molecule is CN=C(NCc1cccnc1OCC(F)(F)F)N1CCN(c2ccccc2O)CC1. The number of alkyl halides is 3. The van der Waals surface area contributed by atoms with Gasteiger partial charge in [0.15, 0.2) is 12.6 Å². The molecule has 0 aliphatic carbocycles. The van der Waals surface area contributed by atoms with Crippen molar-refractivity contribution >= 4 is 11.6 Å². The van der Waals surface area contributed by atoms with Crippen LogP contribution in [0.5, 0.6) is 11.6 Å². The summed E-state index contributed by atoms with van der Waals surface area (Å²) in [4.78, 5) is 12.3. The fraction of sp³-hybridized carbons (Fsp3) is 0.400. The summed E-state index contributed by atoms with van der Waals surface area (Å²) < 4.78 is 42.2. The van der Waals surface area contributed by atoms with Gasteiger partial charge in [0, 0.05) is 51.5 Å². The molecule has 7 nitrogen and oxygen atoms in total. The third-order valence-corrected chi connectivity index (χ3v) is 4.67. The molecule has 3 rings (SSSR count). The summed E-state index contributed by atoms with van der Waals surface area (Å²) in [6, 6.07) is 10.5. The first kappa shape index (κ1) is 21.5. The molecule has 0 spiro atoms. The maximum atomic E-state index is 12.4. The van der Waals surface area contributed by atoms with Crippen molar-refractivity contribution in [3.63, 3.8) is 0 Å². The van der Waals surface area contributed by atoms with Crippen molar-refractivity contribution in [2.24, 2.45) is 4.99 Å². The number of aromatic hydroxyl groups is 1. The van der Waals surface area contributed by atoms with Crippen LogP contribution in [0.25, 0.3) is 0 Å². The van der Waals surface area contributed by atoms with Crippen LogP contribution in [-0.4, -0.2) is 67.0 Å². The van der Waals surface area contributed by atoms with Gasteiger partial charge in [-0.25, -0.2) is 4.98 Å². The van der Waals surface area contributed by atoms with E-state index in [-0.39, 0.29) is 18.2 Å². The van der Waals surface area contributed by atoms with Crippen molar-refractivity contribution in [1.82, 2.24) is 15.2 Å².